The summed E-state index contributed by atoms with van der Waals surface area (Å²) < 4.78 is 0. The van der Waals surface area contributed by atoms with Gasteiger partial charge in [-0.2, -0.15) is 0 Å². The van der Waals surface area contributed by atoms with E-state index in [2.05, 4.69) is 37.1 Å². The number of rotatable bonds is 8. The van der Waals surface area contributed by atoms with Gasteiger partial charge in [0.05, 0.1) is 18.3 Å². The minimum absolute atomic E-state index is 0.0502. The van der Waals surface area contributed by atoms with Gasteiger partial charge in [0.1, 0.15) is 11.6 Å². The molecule has 1 aliphatic rings. The van der Waals surface area contributed by atoms with E-state index in [-0.39, 0.29) is 11.9 Å². The van der Waals surface area contributed by atoms with Crippen molar-refractivity contribution in [2.45, 2.75) is 65.1 Å². The zero-order valence-electron chi connectivity index (χ0n) is 15.7. The summed E-state index contributed by atoms with van der Waals surface area (Å²) in [5.41, 5.74) is 2.00. The summed E-state index contributed by atoms with van der Waals surface area (Å²) in [6, 6.07) is 2.07. The molecule has 1 amide bonds. The molecule has 140 valence electrons. The topological polar surface area (TPSA) is 86.8 Å². The van der Waals surface area contributed by atoms with Gasteiger partial charge in [-0.25, -0.2) is 15.0 Å². The summed E-state index contributed by atoms with van der Waals surface area (Å²) in [4.78, 5) is 30.6. The maximum atomic E-state index is 11.1. The number of hydrogen-bond donors (Lipinski definition) is 2. The largest absolute Gasteiger partial charge is 0.351 e. The molecule has 0 radical (unpaired) electrons. The van der Waals surface area contributed by atoms with Crippen molar-refractivity contribution >= 4 is 5.91 Å². The molecule has 3 heterocycles. The van der Waals surface area contributed by atoms with Crippen LogP contribution in [0.3, 0.4) is 0 Å². The lowest BCUT2D eigenvalue weighted by atomic mass is 10.2. The highest BCUT2D eigenvalue weighted by Gasteiger charge is 2.28. The standard InChI is InChI=1S/C19H28N6O/c1-3-4-7-18-22-12-16(23-18)13-25-10-5-6-17(25)19-20-9-8-15(24-19)11-21-14(2)26/h8-9,12,17H,3-7,10-11,13H2,1-2H3,(H,21,26)(H,22,23)/t17-/m1/s1. The molecule has 1 atom stereocenters. The van der Waals surface area contributed by atoms with Gasteiger partial charge in [-0.15, -0.1) is 0 Å². The van der Waals surface area contributed by atoms with Crippen LogP contribution in [0.25, 0.3) is 0 Å². The highest BCUT2D eigenvalue weighted by molar-refractivity contribution is 5.72. The van der Waals surface area contributed by atoms with Gasteiger partial charge in [-0.1, -0.05) is 13.3 Å². The Labute approximate surface area is 154 Å². The third kappa shape index (κ3) is 4.88. The number of hydrogen-bond acceptors (Lipinski definition) is 5. The Bertz CT molecular complexity index is 728. The fourth-order valence-corrected chi connectivity index (χ4v) is 3.37. The summed E-state index contributed by atoms with van der Waals surface area (Å²) in [6.07, 6.45) is 9.28. The van der Waals surface area contributed by atoms with E-state index in [9.17, 15) is 4.79 Å². The van der Waals surface area contributed by atoms with Gasteiger partial charge < -0.3 is 10.3 Å². The number of aromatic amines is 1. The van der Waals surface area contributed by atoms with Crippen LogP contribution in [0, 0.1) is 0 Å². The number of carbonyl (C=O) groups is 1. The molecule has 2 N–H and O–H groups in total. The van der Waals surface area contributed by atoms with E-state index in [1.54, 1.807) is 6.20 Å². The van der Waals surface area contributed by atoms with Crippen LogP contribution in [0.1, 0.15) is 68.6 Å². The molecule has 26 heavy (non-hydrogen) atoms. The van der Waals surface area contributed by atoms with Gasteiger partial charge in [0.2, 0.25) is 5.91 Å². The van der Waals surface area contributed by atoms with Crippen LogP contribution in [0.4, 0.5) is 0 Å². The van der Waals surface area contributed by atoms with E-state index in [0.29, 0.717) is 6.54 Å². The van der Waals surface area contributed by atoms with Gasteiger partial charge in [0.15, 0.2) is 0 Å². The number of nitrogens with zero attached hydrogens (tertiary/aromatic N) is 4. The average molecular weight is 356 g/mol. The summed E-state index contributed by atoms with van der Waals surface area (Å²) in [5, 5.41) is 2.79. The molecule has 1 saturated heterocycles. The highest BCUT2D eigenvalue weighted by Crippen LogP contribution is 2.30. The van der Waals surface area contributed by atoms with Gasteiger partial charge >= 0.3 is 0 Å². The second kappa shape index (κ2) is 8.89. The van der Waals surface area contributed by atoms with Crippen LogP contribution in [0.2, 0.25) is 0 Å². The number of H-pyrrole nitrogens is 1. The van der Waals surface area contributed by atoms with Crippen molar-refractivity contribution in [1.29, 1.82) is 0 Å². The van der Waals surface area contributed by atoms with E-state index in [1.807, 2.05) is 12.3 Å². The lowest BCUT2D eigenvalue weighted by Gasteiger charge is -2.22. The number of nitrogens with one attached hydrogen (secondary N) is 2. The molecular weight excluding hydrogens is 328 g/mol. The summed E-state index contributed by atoms with van der Waals surface area (Å²) in [6.45, 7) is 6.02. The van der Waals surface area contributed by atoms with Crippen molar-refractivity contribution in [3.63, 3.8) is 0 Å². The van der Waals surface area contributed by atoms with Gasteiger partial charge in [-0.3, -0.25) is 9.69 Å². The minimum Gasteiger partial charge on any atom is -0.351 e. The molecule has 0 unspecified atom stereocenters. The number of amides is 1. The highest BCUT2D eigenvalue weighted by atomic mass is 16.1. The molecule has 0 bridgehead atoms. The van der Waals surface area contributed by atoms with Crippen LogP contribution in [0.15, 0.2) is 18.5 Å². The zero-order valence-corrected chi connectivity index (χ0v) is 15.7. The first-order valence-corrected chi connectivity index (χ1v) is 9.48. The molecule has 2 aromatic heterocycles. The molecule has 0 saturated carbocycles. The number of aromatic nitrogens is 4. The van der Waals surface area contributed by atoms with E-state index >= 15 is 0 Å². The number of aryl methyl sites for hydroxylation is 1. The van der Waals surface area contributed by atoms with E-state index in [0.717, 1.165) is 61.8 Å². The molecule has 0 aliphatic carbocycles. The fourth-order valence-electron chi connectivity index (χ4n) is 3.37. The maximum Gasteiger partial charge on any atom is 0.217 e. The van der Waals surface area contributed by atoms with Crippen molar-refractivity contribution in [3.8, 4) is 0 Å². The Kier molecular flexibility index (Phi) is 6.33. The van der Waals surface area contributed by atoms with Crippen LogP contribution in [-0.4, -0.2) is 37.3 Å². The fraction of sp³-hybridized carbons (Fsp3) is 0.579. The molecule has 0 spiro atoms. The second-order valence-electron chi connectivity index (χ2n) is 6.90. The van der Waals surface area contributed by atoms with E-state index in [4.69, 9.17) is 0 Å². The van der Waals surface area contributed by atoms with E-state index in [1.165, 1.54) is 13.3 Å². The quantitative estimate of drug-likeness (QED) is 0.759. The van der Waals surface area contributed by atoms with Crippen LogP contribution < -0.4 is 5.32 Å². The third-order valence-electron chi connectivity index (χ3n) is 4.73. The Hall–Kier alpha value is -2.28. The summed E-state index contributed by atoms with van der Waals surface area (Å²) >= 11 is 0. The van der Waals surface area contributed by atoms with Gasteiger partial charge in [-0.05, 0) is 31.9 Å². The SMILES string of the molecule is CCCCc1ncc(CN2CCC[C@@H]2c2nccc(CNC(C)=O)n2)[nH]1. The number of likely N-dealkylation sites (tertiary alicyclic amines) is 1. The van der Waals surface area contributed by atoms with Gasteiger partial charge in [0, 0.05) is 38.0 Å². The smallest absolute Gasteiger partial charge is 0.217 e. The molecule has 7 nitrogen and oxygen atoms in total. The predicted molar refractivity (Wildman–Crippen MR) is 99.1 cm³/mol. The first kappa shape index (κ1) is 18.5. The molecule has 2 aromatic rings. The zero-order chi connectivity index (χ0) is 18.4. The normalized spacial score (nSPS) is 17.5. The first-order chi connectivity index (χ1) is 12.7. The monoisotopic (exact) mass is 356 g/mol. The van der Waals surface area contributed by atoms with Gasteiger partial charge in [0.25, 0.3) is 0 Å². The number of imidazole rings is 1. The lowest BCUT2D eigenvalue weighted by Crippen LogP contribution is -2.25. The minimum atomic E-state index is -0.0502. The predicted octanol–water partition coefficient (Wildman–Crippen LogP) is 2.52. The van der Waals surface area contributed by atoms with Crippen molar-refractivity contribution in [2.75, 3.05) is 6.54 Å². The Morgan fingerprint density at radius 2 is 2.31 bits per heavy atom. The summed E-state index contributed by atoms with van der Waals surface area (Å²) in [7, 11) is 0. The molecule has 1 aliphatic heterocycles. The van der Waals surface area contributed by atoms with Crippen LogP contribution in [0.5, 0.6) is 0 Å². The number of carbonyl (C=O) groups excluding carboxylic acids is 1. The van der Waals surface area contributed by atoms with Crippen LogP contribution in [-0.2, 0) is 24.3 Å². The molecule has 0 aromatic carbocycles. The Morgan fingerprint density at radius 1 is 1.42 bits per heavy atom. The van der Waals surface area contributed by atoms with Crippen molar-refractivity contribution in [1.82, 2.24) is 30.2 Å². The van der Waals surface area contributed by atoms with E-state index < -0.39 is 0 Å². The molecule has 3 rings (SSSR count). The molecular formula is C19H28N6O. The van der Waals surface area contributed by atoms with Crippen molar-refractivity contribution in [2.24, 2.45) is 0 Å². The average Bonchev–Trinajstić information content (AvgIpc) is 3.28. The first-order valence-electron chi connectivity index (χ1n) is 9.48. The Balaban J connectivity index is 1.65. The number of unbranched alkanes of at least 4 members (excludes halogenated alkanes) is 1. The van der Waals surface area contributed by atoms with Crippen molar-refractivity contribution in [3.05, 3.63) is 41.5 Å². The second-order valence-corrected chi connectivity index (χ2v) is 6.90. The van der Waals surface area contributed by atoms with Crippen LogP contribution >= 0.6 is 0 Å². The van der Waals surface area contributed by atoms with Crippen molar-refractivity contribution < 1.29 is 4.79 Å². The Morgan fingerprint density at radius 3 is 3.12 bits per heavy atom. The molecule has 7 heteroatoms. The third-order valence-corrected chi connectivity index (χ3v) is 4.73. The molecule has 1 fully saturated rings. The summed E-state index contributed by atoms with van der Waals surface area (Å²) in [5.74, 6) is 1.87. The lowest BCUT2D eigenvalue weighted by molar-refractivity contribution is -0.119. The maximum absolute atomic E-state index is 11.1.